The summed E-state index contributed by atoms with van der Waals surface area (Å²) in [5, 5.41) is 5.69. The van der Waals surface area contributed by atoms with E-state index in [0.29, 0.717) is 24.9 Å². The quantitative estimate of drug-likeness (QED) is 0.841. The van der Waals surface area contributed by atoms with Crippen LogP contribution in [0.15, 0.2) is 30.3 Å². The molecule has 1 aromatic carbocycles. The molecule has 1 heterocycles. The van der Waals surface area contributed by atoms with E-state index < -0.39 is 0 Å². The van der Waals surface area contributed by atoms with Crippen molar-refractivity contribution in [1.82, 2.24) is 15.5 Å². The molecular formula is C19H29N3O2. The van der Waals surface area contributed by atoms with E-state index in [4.69, 9.17) is 0 Å². The van der Waals surface area contributed by atoms with Crippen molar-refractivity contribution in [2.24, 2.45) is 11.8 Å². The summed E-state index contributed by atoms with van der Waals surface area (Å²) in [4.78, 5) is 26.0. The van der Waals surface area contributed by atoms with Gasteiger partial charge in [0, 0.05) is 20.1 Å². The van der Waals surface area contributed by atoms with Crippen molar-refractivity contribution in [1.29, 1.82) is 0 Å². The molecule has 0 spiro atoms. The van der Waals surface area contributed by atoms with Crippen LogP contribution in [0.25, 0.3) is 0 Å². The van der Waals surface area contributed by atoms with Crippen molar-refractivity contribution < 1.29 is 9.59 Å². The highest BCUT2D eigenvalue weighted by Gasteiger charge is 2.33. The van der Waals surface area contributed by atoms with Crippen molar-refractivity contribution in [3.8, 4) is 0 Å². The van der Waals surface area contributed by atoms with Crippen molar-refractivity contribution in [2.45, 2.75) is 39.2 Å². The van der Waals surface area contributed by atoms with Crippen molar-refractivity contribution in [3.63, 3.8) is 0 Å². The van der Waals surface area contributed by atoms with Gasteiger partial charge in [-0.1, -0.05) is 44.2 Å². The van der Waals surface area contributed by atoms with Crippen LogP contribution in [0.3, 0.4) is 0 Å². The summed E-state index contributed by atoms with van der Waals surface area (Å²) >= 11 is 0. The zero-order valence-electron chi connectivity index (χ0n) is 14.9. The second-order valence-electron chi connectivity index (χ2n) is 6.85. The molecular weight excluding hydrogens is 302 g/mol. The molecule has 0 saturated carbocycles. The summed E-state index contributed by atoms with van der Waals surface area (Å²) < 4.78 is 0. The van der Waals surface area contributed by atoms with E-state index in [1.807, 2.05) is 18.2 Å². The number of urea groups is 1. The van der Waals surface area contributed by atoms with E-state index >= 15 is 0 Å². The number of rotatable bonds is 6. The summed E-state index contributed by atoms with van der Waals surface area (Å²) in [6.45, 7) is 5.64. The molecule has 1 fully saturated rings. The van der Waals surface area contributed by atoms with Gasteiger partial charge in [-0.05, 0) is 36.7 Å². The summed E-state index contributed by atoms with van der Waals surface area (Å²) in [6, 6.07) is 9.90. The standard InChI is InChI=1S/C19H29N3O2/c1-14(2)16(12-15-8-5-4-6-9-15)13-21-19(24)22-11-7-10-17(22)18(23)20-3/h4-6,8-9,14,16-17H,7,10-13H2,1-3H3,(H,20,23)(H,21,24)/t16-,17+/m0/s1. The van der Waals surface area contributed by atoms with E-state index in [1.54, 1.807) is 11.9 Å². The fourth-order valence-corrected chi connectivity index (χ4v) is 3.23. The maximum atomic E-state index is 12.5. The summed E-state index contributed by atoms with van der Waals surface area (Å²) in [5.74, 6) is 0.767. The number of nitrogens with one attached hydrogen (secondary N) is 2. The van der Waals surface area contributed by atoms with Crippen LogP contribution in [-0.4, -0.2) is 43.0 Å². The van der Waals surface area contributed by atoms with Gasteiger partial charge in [-0.25, -0.2) is 4.79 Å². The Kier molecular flexibility index (Phi) is 6.64. The van der Waals surface area contributed by atoms with Gasteiger partial charge in [-0.3, -0.25) is 4.79 Å². The van der Waals surface area contributed by atoms with Gasteiger partial charge in [0.05, 0.1) is 0 Å². The first-order valence-electron chi connectivity index (χ1n) is 8.83. The van der Waals surface area contributed by atoms with Crippen LogP contribution < -0.4 is 10.6 Å². The fourth-order valence-electron chi connectivity index (χ4n) is 3.23. The third kappa shape index (κ3) is 4.73. The van der Waals surface area contributed by atoms with Crippen LogP contribution in [0.1, 0.15) is 32.3 Å². The molecule has 1 aliphatic heterocycles. The highest BCUT2D eigenvalue weighted by Crippen LogP contribution is 2.19. The molecule has 0 aromatic heterocycles. The number of likely N-dealkylation sites (N-methyl/N-ethyl adjacent to an activating group) is 1. The molecule has 0 aliphatic carbocycles. The first-order chi connectivity index (χ1) is 11.5. The fraction of sp³-hybridized carbons (Fsp3) is 0.579. The molecule has 0 bridgehead atoms. The Morgan fingerprint density at radius 1 is 1.25 bits per heavy atom. The second kappa shape index (κ2) is 8.71. The van der Waals surface area contributed by atoms with Crippen LogP contribution in [-0.2, 0) is 11.2 Å². The van der Waals surface area contributed by atoms with E-state index in [2.05, 4.69) is 36.6 Å². The molecule has 2 rings (SSSR count). The average molecular weight is 331 g/mol. The van der Waals surface area contributed by atoms with Crippen LogP contribution in [0.5, 0.6) is 0 Å². The SMILES string of the molecule is CNC(=O)[C@H]1CCCN1C(=O)NC[C@H](Cc1ccccc1)C(C)C. The average Bonchev–Trinajstić information content (AvgIpc) is 3.08. The highest BCUT2D eigenvalue weighted by molar-refractivity contribution is 5.87. The molecule has 2 atom stereocenters. The third-order valence-corrected chi connectivity index (χ3v) is 4.86. The zero-order valence-corrected chi connectivity index (χ0v) is 14.9. The predicted octanol–water partition coefficient (Wildman–Crippen LogP) is 2.42. The Bertz CT molecular complexity index is 545. The maximum Gasteiger partial charge on any atom is 0.318 e. The van der Waals surface area contributed by atoms with Gasteiger partial charge in [0.2, 0.25) is 5.91 Å². The lowest BCUT2D eigenvalue weighted by Gasteiger charge is -2.26. The van der Waals surface area contributed by atoms with Crippen molar-refractivity contribution in [3.05, 3.63) is 35.9 Å². The minimum absolute atomic E-state index is 0.0765. The summed E-state index contributed by atoms with van der Waals surface area (Å²) in [5.41, 5.74) is 1.29. The predicted molar refractivity (Wildman–Crippen MR) is 95.7 cm³/mol. The Hall–Kier alpha value is -2.04. The normalized spacial score (nSPS) is 18.5. The Labute approximate surface area is 144 Å². The largest absolute Gasteiger partial charge is 0.357 e. The van der Waals surface area contributed by atoms with Crippen molar-refractivity contribution >= 4 is 11.9 Å². The van der Waals surface area contributed by atoms with Crippen molar-refractivity contribution in [2.75, 3.05) is 20.1 Å². The number of hydrogen-bond donors (Lipinski definition) is 2. The van der Waals surface area contributed by atoms with Crippen LogP contribution in [0.4, 0.5) is 4.79 Å². The van der Waals surface area contributed by atoms with Crippen LogP contribution >= 0.6 is 0 Å². The molecule has 5 heteroatoms. The number of nitrogens with zero attached hydrogens (tertiary/aromatic N) is 1. The van der Waals surface area contributed by atoms with Gasteiger partial charge in [-0.15, -0.1) is 0 Å². The monoisotopic (exact) mass is 331 g/mol. The number of hydrogen-bond acceptors (Lipinski definition) is 2. The lowest BCUT2D eigenvalue weighted by Crippen LogP contribution is -2.50. The lowest BCUT2D eigenvalue weighted by atomic mass is 9.89. The Morgan fingerprint density at radius 2 is 1.96 bits per heavy atom. The number of carbonyl (C=O) groups excluding carboxylic acids is 2. The molecule has 24 heavy (non-hydrogen) atoms. The summed E-state index contributed by atoms with van der Waals surface area (Å²) in [7, 11) is 1.62. The van der Waals surface area contributed by atoms with Crippen LogP contribution in [0.2, 0.25) is 0 Å². The topological polar surface area (TPSA) is 61.4 Å². The molecule has 1 aliphatic rings. The summed E-state index contributed by atoms with van der Waals surface area (Å²) in [6.07, 6.45) is 2.56. The Balaban J connectivity index is 1.91. The number of benzene rings is 1. The first-order valence-corrected chi connectivity index (χ1v) is 8.83. The highest BCUT2D eigenvalue weighted by atomic mass is 16.2. The van der Waals surface area contributed by atoms with Crippen LogP contribution in [0, 0.1) is 11.8 Å². The molecule has 0 unspecified atom stereocenters. The number of amides is 3. The van der Waals surface area contributed by atoms with E-state index in [-0.39, 0.29) is 18.0 Å². The number of likely N-dealkylation sites (tertiary alicyclic amines) is 1. The lowest BCUT2D eigenvalue weighted by molar-refractivity contribution is -0.124. The third-order valence-electron chi connectivity index (χ3n) is 4.86. The van der Waals surface area contributed by atoms with Gasteiger partial charge in [0.25, 0.3) is 0 Å². The molecule has 2 N–H and O–H groups in total. The molecule has 3 amide bonds. The Morgan fingerprint density at radius 3 is 2.58 bits per heavy atom. The van der Waals surface area contributed by atoms with Gasteiger partial charge >= 0.3 is 6.03 Å². The van der Waals surface area contributed by atoms with Gasteiger partial charge in [0.15, 0.2) is 0 Å². The van der Waals surface area contributed by atoms with Gasteiger partial charge < -0.3 is 15.5 Å². The second-order valence-corrected chi connectivity index (χ2v) is 6.85. The first kappa shape index (κ1) is 18.3. The number of carbonyl (C=O) groups is 2. The molecule has 132 valence electrons. The maximum absolute atomic E-state index is 12.5. The minimum Gasteiger partial charge on any atom is -0.357 e. The minimum atomic E-state index is -0.332. The molecule has 0 radical (unpaired) electrons. The zero-order chi connectivity index (χ0) is 17.5. The van der Waals surface area contributed by atoms with Gasteiger partial charge in [-0.2, -0.15) is 0 Å². The molecule has 5 nitrogen and oxygen atoms in total. The van der Waals surface area contributed by atoms with E-state index in [0.717, 1.165) is 19.3 Å². The van der Waals surface area contributed by atoms with Gasteiger partial charge in [0.1, 0.15) is 6.04 Å². The van der Waals surface area contributed by atoms with E-state index in [9.17, 15) is 9.59 Å². The molecule has 1 aromatic rings. The smallest absolute Gasteiger partial charge is 0.318 e. The van der Waals surface area contributed by atoms with E-state index in [1.165, 1.54) is 5.56 Å². The molecule has 1 saturated heterocycles.